The fraction of sp³-hybridized carbons (Fsp3) is 0. The van der Waals surface area contributed by atoms with Gasteiger partial charge in [-0.3, -0.25) is 4.72 Å². The highest BCUT2D eigenvalue weighted by atomic mass is 79.9. The van der Waals surface area contributed by atoms with E-state index in [4.69, 9.17) is 11.6 Å². The summed E-state index contributed by atoms with van der Waals surface area (Å²) in [6.45, 7) is 0. The van der Waals surface area contributed by atoms with Crippen LogP contribution in [0, 0.1) is 5.82 Å². The van der Waals surface area contributed by atoms with E-state index in [2.05, 4.69) is 20.7 Å². The molecule has 2 aromatic rings. The second-order valence-corrected chi connectivity index (χ2v) is 6.57. The van der Waals surface area contributed by atoms with Gasteiger partial charge in [-0.15, -0.1) is 0 Å². The molecule has 3 nitrogen and oxygen atoms in total. The normalized spacial score (nSPS) is 11.3. The maximum atomic E-state index is 12.9. The quantitative estimate of drug-likeness (QED) is 0.893. The Bertz CT molecular complexity index is 721. The maximum Gasteiger partial charge on any atom is 0.263 e. The molecule has 0 aliphatic rings. The molecular formula is C12H8BrClFNO2S. The molecule has 1 N–H and O–H groups in total. The Hall–Kier alpha value is -1.11. The van der Waals surface area contributed by atoms with E-state index >= 15 is 0 Å². The van der Waals surface area contributed by atoms with Gasteiger partial charge in [-0.2, -0.15) is 0 Å². The first-order valence-electron chi connectivity index (χ1n) is 5.12. The number of rotatable bonds is 3. The van der Waals surface area contributed by atoms with E-state index in [1.54, 1.807) is 12.1 Å². The van der Waals surface area contributed by atoms with Crippen LogP contribution in [0.5, 0.6) is 0 Å². The van der Waals surface area contributed by atoms with E-state index in [-0.39, 0.29) is 15.6 Å². The molecule has 0 radical (unpaired) electrons. The van der Waals surface area contributed by atoms with Gasteiger partial charge in [0, 0.05) is 4.47 Å². The predicted molar refractivity (Wildman–Crippen MR) is 76.4 cm³/mol. The SMILES string of the molecule is O=S(=O)(Nc1ccc(F)cc1Br)c1ccccc1Cl. The Morgan fingerprint density at radius 2 is 1.84 bits per heavy atom. The van der Waals surface area contributed by atoms with Crippen molar-refractivity contribution in [2.75, 3.05) is 4.72 Å². The number of anilines is 1. The van der Waals surface area contributed by atoms with Crippen LogP contribution in [0.15, 0.2) is 51.8 Å². The number of benzene rings is 2. The van der Waals surface area contributed by atoms with Crippen molar-refractivity contribution in [1.29, 1.82) is 0 Å². The molecule has 0 bridgehead atoms. The Kier molecular flexibility index (Phi) is 4.13. The molecule has 0 saturated heterocycles. The van der Waals surface area contributed by atoms with Crippen LogP contribution < -0.4 is 4.72 Å². The van der Waals surface area contributed by atoms with Gasteiger partial charge in [0.1, 0.15) is 10.7 Å². The molecule has 0 atom stereocenters. The van der Waals surface area contributed by atoms with Crippen LogP contribution in [0.1, 0.15) is 0 Å². The van der Waals surface area contributed by atoms with E-state index in [0.29, 0.717) is 4.47 Å². The molecule has 2 rings (SSSR count). The molecule has 100 valence electrons. The molecular weight excluding hydrogens is 357 g/mol. The van der Waals surface area contributed by atoms with Gasteiger partial charge in [0.15, 0.2) is 0 Å². The molecule has 0 heterocycles. The van der Waals surface area contributed by atoms with Gasteiger partial charge in [-0.1, -0.05) is 23.7 Å². The smallest absolute Gasteiger partial charge is 0.263 e. The zero-order chi connectivity index (χ0) is 14.0. The summed E-state index contributed by atoms with van der Waals surface area (Å²) in [5, 5.41) is 0.119. The predicted octanol–water partition coefficient (Wildman–Crippen LogP) is 4.04. The minimum absolute atomic E-state index is 0.0344. The molecule has 2 aromatic carbocycles. The molecule has 0 spiro atoms. The zero-order valence-electron chi connectivity index (χ0n) is 9.40. The van der Waals surface area contributed by atoms with E-state index in [9.17, 15) is 12.8 Å². The van der Waals surface area contributed by atoms with Crippen molar-refractivity contribution >= 4 is 43.2 Å². The number of hydrogen-bond donors (Lipinski definition) is 1. The average molecular weight is 365 g/mol. The highest BCUT2D eigenvalue weighted by Crippen LogP contribution is 2.28. The molecule has 0 aromatic heterocycles. The van der Waals surface area contributed by atoms with Crippen LogP contribution in [-0.4, -0.2) is 8.42 Å². The highest BCUT2D eigenvalue weighted by molar-refractivity contribution is 9.10. The molecule has 0 fully saturated rings. The molecule has 0 aliphatic heterocycles. The lowest BCUT2D eigenvalue weighted by molar-refractivity contribution is 0.601. The van der Waals surface area contributed by atoms with E-state index < -0.39 is 15.8 Å². The number of hydrogen-bond acceptors (Lipinski definition) is 2. The summed E-state index contributed by atoms with van der Waals surface area (Å²) in [5.74, 6) is -0.465. The highest BCUT2D eigenvalue weighted by Gasteiger charge is 2.18. The Labute approximate surface area is 123 Å². The summed E-state index contributed by atoms with van der Waals surface area (Å²) in [6.07, 6.45) is 0. The van der Waals surface area contributed by atoms with Crippen molar-refractivity contribution in [2.24, 2.45) is 0 Å². The van der Waals surface area contributed by atoms with Gasteiger partial charge in [0.05, 0.1) is 10.7 Å². The van der Waals surface area contributed by atoms with E-state index in [0.717, 1.165) is 6.07 Å². The van der Waals surface area contributed by atoms with Crippen LogP contribution in [0.3, 0.4) is 0 Å². The number of nitrogens with one attached hydrogen (secondary N) is 1. The Balaban J connectivity index is 2.40. The molecule has 0 unspecified atom stereocenters. The second kappa shape index (κ2) is 5.48. The van der Waals surface area contributed by atoms with Crippen molar-refractivity contribution in [2.45, 2.75) is 4.90 Å². The summed E-state index contributed by atoms with van der Waals surface area (Å²) in [7, 11) is -3.81. The third-order valence-electron chi connectivity index (χ3n) is 2.30. The minimum atomic E-state index is -3.81. The minimum Gasteiger partial charge on any atom is -0.278 e. The Morgan fingerprint density at radius 3 is 2.47 bits per heavy atom. The fourth-order valence-corrected chi connectivity index (χ4v) is 3.62. The zero-order valence-corrected chi connectivity index (χ0v) is 12.6. The van der Waals surface area contributed by atoms with Crippen LogP contribution in [-0.2, 0) is 10.0 Å². The third-order valence-corrected chi connectivity index (χ3v) is 4.82. The van der Waals surface area contributed by atoms with Crippen molar-refractivity contribution in [3.63, 3.8) is 0 Å². The van der Waals surface area contributed by atoms with Crippen molar-refractivity contribution in [1.82, 2.24) is 0 Å². The maximum absolute atomic E-state index is 12.9. The summed E-state index contributed by atoms with van der Waals surface area (Å²) in [4.78, 5) is -0.0344. The van der Waals surface area contributed by atoms with Crippen LogP contribution >= 0.6 is 27.5 Å². The van der Waals surface area contributed by atoms with E-state index in [1.807, 2.05) is 0 Å². The first-order valence-corrected chi connectivity index (χ1v) is 7.78. The molecule has 0 aliphatic carbocycles. The standard InChI is InChI=1S/C12H8BrClFNO2S/c13-9-7-8(15)5-6-11(9)16-19(17,18)12-4-2-1-3-10(12)14/h1-7,16H. The van der Waals surface area contributed by atoms with Gasteiger partial charge in [-0.25, -0.2) is 12.8 Å². The van der Waals surface area contributed by atoms with Gasteiger partial charge >= 0.3 is 0 Å². The molecule has 0 amide bonds. The largest absolute Gasteiger partial charge is 0.278 e. The van der Waals surface area contributed by atoms with E-state index in [1.165, 1.54) is 24.3 Å². The summed E-state index contributed by atoms with van der Waals surface area (Å²) >= 11 is 8.94. The summed E-state index contributed by atoms with van der Waals surface area (Å²) in [5.41, 5.74) is 0.237. The monoisotopic (exact) mass is 363 g/mol. The summed E-state index contributed by atoms with van der Waals surface area (Å²) < 4.78 is 39.9. The van der Waals surface area contributed by atoms with Crippen LogP contribution in [0.25, 0.3) is 0 Å². The lowest BCUT2D eigenvalue weighted by Gasteiger charge is -2.10. The lowest BCUT2D eigenvalue weighted by atomic mass is 10.3. The van der Waals surface area contributed by atoms with Gasteiger partial charge in [0.25, 0.3) is 10.0 Å². The van der Waals surface area contributed by atoms with Crippen LogP contribution in [0.4, 0.5) is 10.1 Å². The average Bonchev–Trinajstić information content (AvgIpc) is 2.33. The molecule has 0 saturated carbocycles. The topological polar surface area (TPSA) is 46.2 Å². The fourth-order valence-electron chi connectivity index (χ4n) is 1.43. The van der Waals surface area contributed by atoms with Crippen LogP contribution in [0.2, 0.25) is 5.02 Å². The summed E-state index contributed by atoms with van der Waals surface area (Å²) in [6, 6.07) is 9.74. The Morgan fingerprint density at radius 1 is 1.16 bits per heavy atom. The first kappa shape index (κ1) is 14.3. The van der Waals surface area contributed by atoms with Gasteiger partial charge in [0.2, 0.25) is 0 Å². The molecule has 19 heavy (non-hydrogen) atoms. The van der Waals surface area contributed by atoms with Gasteiger partial charge in [-0.05, 0) is 46.3 Å². The molecule has 7 heteroatoms. The number of sulfonamides is 1. The number of halogens is 3. The lowest BCUT2D eigenvalue weighted by Crippen LogP contribution is -2.13. The third kappa shape index (κ3) is 3.26. The van der Waals surface area contributed by atoms with Crippen molar-refractivity contribution in [3.8, 4) is 0 Å². The van der Waals surface area contributed by atoms with Gasteiger partial charge < -0.3 is 0 Å². The second-order valence-electron chi connectivity index (χ2n) is 3.66. The van der Waals surface area contributed by atoms with Crippen molar-refractivity contribution in [3.05, 3.63) is 57.8 Å². The van der Waals surface area contributed by atoms with Crippen molar-refractivity contribution < 1.29 is 12.8 Å². The first-order chi connectivity index (χ1) is 8.90.